The Balaban J connectivity index is 2.06. The molecular weight excluding hydrogens is 172 g/mol. The van der Waals surface area contributed by atoms with Crippen molar-refractivity contribution >= 4 is 5.78 Å². The minimum absolute atomic E-state index is 0.0574. The van der Waals surface area contributed by atoms with Crippen LogP contribution in [0.15, 0.2) is 0 Å². The van der Waals surface area contributed by atoms with Gasteiger partial charge in [0.05, 0.1) is 19.3 Å². The number of hydrogen-bond donors (Lipinski definition) is 0. The lowest BCUT2D eigenvalue weighted by Gasteiger charge is -2.33. The Morgan fingerprint density at radius 1 is 1.46 bits per heavy atom. The van der Waals surface area contributed by atoms with Gasteiger partial charge in [-0.2, -0.15) is 0 Å². The van der Waals surface area contributed by atoms with E-state index in [9.17, 15) is 4.79 Å². The lowest BCUT2D eigenvalue weighted by atomic mass is 9.90. The predicted octanol–water partition coefficient (Wildman–Crippen LogP) is 0.396. The molecule has 0 bridgehead atoms. The topological polar surface area (TPSA) is 44.8 Å². The lowest BCUT2D eigenvalue weighted by molar-refractivity contribution is -0.163. The molecule has 2 unspecified atom stereocenters. The molecule has 0 saturated heterocycles. The third-order valence-corrected chi connectivity index (χ3v) is 2.08. The van der Waals surface area contributed by atoms with Crippen LogP contribution in [0.3, 0.4) is 0 Å². The molecular formula is C9H16O4. The summed E-state index contributed by atoms with van der Waals surface area (Å²) in [7, 11) is 1.53. The summed E-state index contributed by atoms with van der Waals surface area (Å²) in [4.78, 5) is 10.9. The first-order valence-corrected chi connectivity index (χ1v) is 4.54. The van der Waals surface area contributed by atoms with Crippen molar-refractivity contribution in [3.63, 3.8) is 0 Å². The Morgan fingerprint density at radius 3 is 2.77 bits per heavy atom. The number of rotatable bonds is 6. The van der Waals surface area contributed by atoms with Crippen molar-refractivity contribution in [3.8, 4) is 0 Å². The van der Waals surface area contributed by atoms with Crippen molar-refractivity contribution in [1.29, 1.82) is 0 Å². The Morgan fingerprint density at radius 2 is 2.23 bits per heavy atom. The van der Waals surface area contributed by atoms with Crippen LogP contribution in [0, 0.1) is 0 Å². The van der Waals surface area contributed by atoms with Crippen molar-refractivity contribution in [2.75, 3.05) is 26.9 Å². The molecule has 1 rings (SSSR count). The van der Waals surface area contributed by atoms with Gasteiger partial charge in [0, 0.05) is 20.1 Å². The van der Waals surface area contributed by atoms with E-state index in [1.54, 1.807) is 0 Å². The van der Waals surface area contributed by atoms with Crippen LogP contribution in [0.1, 0.15) is 13.3 Å². The van der Waals surface area contributed by atoms with E-state index in [1.807, 2.05) is 6.92 Å². The summed E-state index contributed by atoms with van der Waals surface area (Å²) in [6, 6.07) is 0. The molecule has 1 saturated carbocycles. The lowest BCUT2D eigenvalue weighted by Crippen LogP contribution is -2.50. The number of ketones is 1. The van der Waals surface area contributed by atoms with Gasteiger partial charge in [-0.05, 0) is 6.92 Å². The van der Waals surface area contributed by atoms with Gasteiger partial charge in [-0.25, -0.2) is 0 Å². The molecule has 0 aliphatic heterocycles. The maximum atomic E-state index is 10.9. The molecule has 0 aromatic rings. The Kier molecular flexibility index (Phi) is 4.35. The smallest absolute Gasteiger partial charge is 0.166 e. The molecule has 1 fully saturated rings. The number of hydrogen-bond acceptors (Lipinski definition) is 4. The van der Waals surface area contributed by atoms with Gasteiger partial charge in [-0.3, -0.25) is 4.79 Å². The van der Waals surface area contributed by atoms with Crippen LogP contribution in [0.5, 0.6) is 0 Å². The van der Waals surface area contributed by atoms with Crippen LogP contribution in [-0.4, -0.2) is 44.9 Å². The Bertz CT molecular complexity index is 169. The summed E-state index contributed by atoms with van der Waals surface area (Å²) in [6.07, 6.45) is 0.0737. The fraction of sp³-hybridized carbons (Fsp3) is 0.889. The van der Waals surface area contributed by atoms with E-state index in [2.05, 4.69) is 0 Å². The van der Waals surface area contributed by atoms with Crippen LogP contribution >= 0.6 is 0 Å². The first kappa shape index (κ1) is 10.6. The average molecular weight is 188 g/mol. The Hall–Kier alpha value is -0.450. The summed E-state index contributed by atoms with van der Waals surface area (Å²) in [6.45, 7) is 3.74. The number of carbonyl (C=O) groups is 1. The standard InChI is InChI=1S/C9H16O4/c1-3-12-4-5-13-8-6-7(10)9(8)11-2/h8-9H,3-6H2,1-2H3. The first-order chi connectivity index (χ1) is 6.29. The Labute approximate surface area is 78.2 Å². The normalized spacial score (nSPS) is 27.4. The number of carbonyl (C=O) groups excluding carboxylic acids is 1. The molecule has 2 atom stereocenters. The van der Waals surface area contributed by atoms with Gasteiger partial charge in [0.1, 0.15) is 6.10 Å². The van der Waals surface area contributed by atoms with E-state index < -0.39 is 0 Å². The summed E-state index contributed by atoms with van der Waals surface area (Å²) in [5.74, 6) is 0.129. The highest BCUT2D eigenvalue weighted by Crippen LogP contribution is 2.21. The molecule has 76 valence electrons. The van der Waals surface area contributed by atoms with Gasteiger partial charge in [-0.15, -0.1) is 0 Å². The second-order valence-electron chi connectivity index (χ2n) is 2.93. The average Bonchev–Trinajstić information content (AvgIpc) is 2.11. The third-order valence-electron chi connectivity index (χ3n) is 2.08. The van der Waals surface area contributed by atoms with Gasteiger partial charge in [0.15, 0.2) is 5.78 Å². The minimum atomic E-state index is -0.346. The zero-order valence-electron chi connectivity index (χ0n) is 8.12. The quantitative estimate of drug-likeness (QED) is 0.566. The van der Waals surface area contributed by atoms with Gasteiger partial charge in [0.2, 0.25) is 0 Å². The highest BCUT2D eigenvalue weighted by Gasteiger charge is 2.40. The van der Waals surface area contributed by atoms with Gasteiger partial charge >= 0.3 is 0 Å². The summed E-state index contributed by atoms with van der Waals surface area (Å²) < 4.78 is 15.4. The van der Waals surface area contributed by atoms with E-state index in [4.69, 9.17) is 14.2 Å². The maximum absolute atomic E-state index is 10.9. The van der Waals surface area contributed by atoms with Crippen molar-refractivity contribution in [1.82, 2.24) is 0 Å². The molecule has 0 aromatic heterocycles. The number of ether oxygens (including phenoxy) is 3. The summed E-state index contributed by atoms with van der Waals surface area (Å²) in [5.41, 5.74) is 0. The summed E-state index contributed by atoms with van der Waals surface area (Å²) >= 11 is 0. The molecule has 4 heteroatoms. The SMILES string of the molecule is CCOCCOC1CC(=O)C1OC. The molecule has 0 spiro atoms. The molecule has 1 aliphatic rings. The second kappa shape index (κ2) is 5.32. The van der Waals surface area contributed by atoms with Gasteiger partial charge in [0.25, 0.3) is 0 Å². The molecule has 0 amide bonds. The minimum Gasteiger partial charge on any atom is -0.379 e. The van der Waals surface area contributed by atoms with Crippen LogP contribution in [-0.2, 0) is 19.0 Å². The van der Waals surface area contributed by atoms with E-state index in [-0.39, 0.29) is 18.0 Å². The van der Waals surface area contributed by atoms with Crippen LogP contribution in [0.25, 0.3) is 0 Å². The van der Waals surface area contributed by atoms with Crippen LogP contribution < -0.4 is 0 Å². The largest absolute Gasteiger partial charge is 0.379 e. The van der Waals surface area contributed by atoms with E-state index in [0.29, 0.717) is 26.2 Å². The first-order valence-electron chi connectivity index (χ1n) is 4.54. The summed E-state index contributed by atoms with van der Waals surface area (Å²) in [5, 5.41) is 0. The second-order valence-corrected chi connectivity index (χ2v) is 2.93. The number of methoxy groups -OCH3 is 1. The monoisotopic (exact) mass is 188 g/mol. The highest BCUT2D eigenvalue weighted by molar-refractivity contribution is 5.90. The van der Waals surface area contributed by atoms with Crippen molar-refractivity contribution < 1.29 is 19.0 Å². The molecule has 13 heavy (non-hydrogen) atoms. The van der Waals surface area contributed by atoms with Crippen LogP contribution in [0.2, 0.25) is 0 Å². The highest BCUT2D eigenvalue weighted by atomic mass is 16.6. The fourth-order valence-electron chi connectivity index (χ4n) is 1.30. The molecule has 4 nitrogen and oxygen atoms in total. The predicted molar refractivity (Wildman–Crippen MR) is 46.7 cm³/mol. The molecule has 0 N–H and O–H groups in total. The molecule has 0 aromatic carbocycles. The van der Waals surface area contributed by atoms with E-state index in [1.165, 1.54) is 7.11 Å². The molecule has 0 radical (unpaired) electrons. The third kappa shape index (κ3) is 2.76. The van der Waals surface area contributed by atoms with Crippen molar-refractivity contribution in [2.45, 2.75) is 25.6 Å². The van der Waals surface area contributed by atoms with E-state index in [0.717, 1.165) is 0 Å². The number of Topliss-reactive ketones (excluding diaryl/α,β-unsaturated/α-hetero) is 1. The zero-order valence-corrected chi connectivity index (χ0v) is 8.12. The molecule has 0 heterocycles. The van der Waals surface area contributed by atoms with Crippen molar-refractivity contribution in [3.05, 3.63) is 0 Å². The molecule has 1 aliphatic carbocycles. The van der Waals surface area contributed by atoms with Gasteiger partial charge in [-0.1, -0.05) is 0 Å². The van der Waals surface area contributed by atoms with Crippen LogP contribution in [0.4, 0.5) is 0 Å². The van der Waals surface area contributed by atoms with Crippen molar-refractivity contribution in [2.24, 2.45) is 0 Å². The zero-order chi connectivity index (χ0) is 9.68. The maximum Gasteiger partial charge on any atom is 0.166 e. The van der Waals surface area contributed by atoms with E-state index >= 15 is 0 Å². The van der Waals surface area contributed by atoms with Gasteiger partial charge < -0.3 is 14.2 Å². The fourth-order valence-corrected chi connectivity index (χ4v) is 1.30.